The average Bonchev–Trinajstić information content (AvgIpc) is 2.37. The quantitative estimate of drug-likeness (QED) is 0.725. The Bertz CT molecular complexity index is 424. The lowest BCUT2D eigenvalue weighted by Gasteiger charge is -2.23. The maximum Gasteiger partial charge on any atom is 0.248 e. The molecule has 0 aromatic heterocycles. The van der Waals surface area contributed by atoms with Gasteiger partial charge in [0.1, 0.15) is 0 Å². The Balaban J connectivity index is 2.49. The predicted octanol–water partition coefficient (Wildman–Crippen LogP) is 1.37. The van der Waals surface area contributed by atoms with Crippen molar-refractivity contribution in [1.29, 1.82) is 0 Å². The molecule has 0 saturated carbocycles. The van der Waals surface area contributed by atoms with Crippen LogP contribution in [0, 0.1) is 5.41 Å². The summed E-state index contributed by atoms with van der Waals surface area (Å²) in [6, 6.07) is 5.56. The molecule has 1 aromatic carbocycles. The molecule has 0 aliphatic heterocycles. The predicted molar refractivity (Wildman–Crippen MR) is 59.4 cm³/mol. The summed E-state index contributed by atoms with van der Waals surface area (Å²) in [5.74, 6) is -0.394. The Labute approximate surface area is 89.5 Å². The van der Waals surface area contributed by atoms with Gasteiger partial charge in [-0.25, -0.2) is 0 Å². The van der Waals surface area contributed by atoms with Crippen LogP contribution in [-0.4, -0.2) is 5.91 Å². The minimum Gasteiger partial charge on any atom is -0.366 e. The molecule has 0 fully saturated rings. The second kappa shape index (κ2) is 3.07. The fourth-order valence-electron chi connectivity index (χ4n) is 2.22. The molecule has 3 heteroatoms. The van der Waals surface area contributed by atoms with E-state index in [0.29, 0.717) is 5.56 Å². The van der Waals surface area contributed by atoms with Gasteiger partial charge in [-0.2, -0.15) is 0 Å². The first-order chi connectivity index (χ1) is 6.92. The normalized spacial score (nSPS) is 22.5. The van der Waals surface area contributed by atoms with E-state index < -0.39 is 5.91 Å². The van der Waals surface area contributed by atoms with Crippen molar-refractivity contribution in [2.24, 2.45) is 16.9 Å². The van der Waals surface area contributed by atoms with Crippen LogP contribution >= 0.6 is 0 Å². The topological polar surface area (TPSA) is 69.1 Å². The first kappa shape index (κ1) is 10.2. The number of fused-ring (bicyclic) bond motifs is 1. The largest absolute Gasteiger partial charge is 0.366 e. The van der Waals surface area contributed by atoms with Gasteiger partial charge in [-0.1, -0.05) is 19.9 Å². The molecule has 0 heterocycles. The van der Waals surface area contributed by atoms with Crippen molar-refractivity contribution in [2.45, 2.75) is 26.3 Å². The van der Waals surface area contributed by atoms with Crippen LogP contribution in [-0.2, 0) is 6.42 Å². The monoisotopic (exact) mass is 204 g/mol. The highest BCUT2D eigenvalue weighted by Crippen LogP contribution is 2.43. The van der Waals surface area contributed by atoms with Gasteiger partial charge >= 0.3 is 0 Å². The summed E-state index contributed by atoms with van der Waals surface area (Å²) in [7, 11) is 0. The maximum atomic E-state index is 11.1. The molecular formula is C12H16N2O. The Hall–Kier alpha value is -1.35. The minimum atomic E-state index is -0.394. The zero-order valence-electron chi connectivity index (χ0n) is 9.08. The second-order valence-corrected chi connectivity index (χ2v) is 4.92. The lowest BCUT2D eigenvalue weighted by molar-refractivity contribution is 0.1000. The van der Waals surface area contributed by atoms with Crippen molar-refractivity contribution in [3.05, 3.63) is 34.9 Å². The van der Waals surface area contributed by atoms with Crippen LogP contribution in [0.15, 0.2) is 18.2 Å². The highest BCUT2D eigenvalue weighted by molar-refractivity contribution is 5.93. The number of hydrogen-bond donors (Lipinski definition) is 2. The van der Waals surface area contributed by atoms with E-state index in [1.165, 1.54) is 5.56 Å². The molecule has 0 radical (unpaired) electrons. The fourth-order valence-corrected chi connectivity index (χ4v) is 2.22. The molecule has 1 aliphatic carbocycles. The molecule has 0 spiro atoms. The molecule has 0 saturated heterocycles. The van der Waals surface area contributed by atoms with Crippen LogP contribution in [0.5, 0.6) is 0 Å². The third kappa shape index (κ3) is 1.53. The van der Waals surface area contributed by atoms with E-state index in [1.54, 1.807) is 6.07 Å². The van der Waals surface area contributed by atoms with Crippen molar-refractivity contribution >= 4 is 5.91 Å². The van der Waals surface area contributed by atoms with Crippen LogP contribution in [0.1, 0.15) is 41.4 Å². The summed E-state index contributed by atoms with van der Waals surface area (Å²) >= 11 is 0. The van der Waals surface area contributed by atoms with Gasteiger partial charge in [0.15, 0.2) is 0 Å². The van der Waals surface area contributed by atoms with E-state index in [-0.39, 0.29) is 11.5 Å². The van der Waals surface area contributed by atoms with E-state index in [9.17, 15) is 4.79 Å². The SMILES string of the molecule is CC1(C)Cc2ccc(C(N)=O)cc2C1N. The molecule has 1 amide bonds. The van der Waals surface area contributed by atoms with Gasteiger partial charge in [-0.05, 0) is 35.1 Å². The number of benzene rings is 1. The maximum absolute atomic E-state index is 11.1. The number of carbonyl (C=O) groups excluding carboxylic acids is 1. The van der Waals surface area contributed by atoms with Crippen molar-refractivity contribution in [3.63, 3.8) is 0 Å². The second-order valence-electron chi connectivity index (χ2n) is 4.92. The lowest BCUT2D eigenvalue weighted by Crippen LogP contribution is -2.25. The van der Waals surface area contributed by atoms with Gasteiger partial charge in [0.2, 0.25) is 5.91 Å². The standard InChI is InChI=1S/C12H16N2O/c1-12(2)6-8-4-3-7(11(14)15)5-9(8)10(12)13/h3-5,10H,6,13H2,1-2H3,(H2,14,15). The summed E-state index contributed by atoms with van der Waals surface area (Å²) in [5, 5.41) is 0. The van der Waals surface area contributed by atoms with Crippen LogP contribution in [0.2, 0.25) is 0 Å². The van der Waals surface area contributed by atoms with Gasteiger partial charge in [0, 0.05) is 11.6 Å². The average molecular weight is 204 g/mol. The summed E-state index contributed by atoms with van der Waals surface area (Å²) in [6.07, 6.45) is 0.961. The molecule has 3 nitrogen and oxygen atoms in total. The van der Waals surface area contributed by atoms with Crippen molar-refractivity contribution in [3.8, 4) is 0 Å². The molecule has 1 aromatic rings. The van der Waals surface area contributed by atoms with Crippen molar-refractivity contribution < 1.29 is 4.79 Å². The van der Waals surface area contributed by atoms with Crippen LogP contribution in [0.3, 0.4) is 0 Å². The van der Waals surface area contributed by atoms with Gasteiger partial charge in [-0.3, -0.25) is 4.79 Å². The number of carbonyl (C=O) groups is 1. The number of rotatable bonds is 1. The van der Waals surface area contributed by atoms with Gasteiger partial charge in [0.05, 0.1) is 0 Å². The number of hydrogen-bond acceptors (Lipinski definition) is 2. The molecule has 2 rings (SSSR count). The fraction of sp³-hybridized carbons (Fsp3) is 0.417. The summed E-state index contributed by atoms with van der Waals surface area (Å²) < 4.78 is 0. The van der Waals surface area contributed by atoms with Gasteiger partial charge in [-0.15, -0.1) is 0 Å². The van der Waals surface area contributed by atoms with Gasteiger partial charge in [0.25, 0.3) is 0 Å². The third-order valence-corrected chi connectivity index (χ3v) is 3.25. The summed E-state index contributed by atoms with van der Waals surface area (Å²) in [6.45, 7) is 4.28. The molecule has 0 bridgehead atoms. The van der Waals surface area contributed by atoms with Crippen molar-refractivity contribution in [1.82, 2.24) is 0 Å². The number of primary amides is 1. The lowest BCUT2D eigenvalue weighted by atomic mass is 9.86. The van der Waals surface area contributed by atoms with Crippen LogP contribution in [0.25, 0.3) is 0 Å². The minimum absolute atomic E-state index is 0.00759. The number of nitrogens with two attached hydrogens (primary N) is 2. The van der Waals surface area contributed by atoms with E-state index >= 15 is 0 Å². The summed E-state index contributed by atoms with van der Waals surface area (Å²) in [5.41, 5.74) is 14.3. The molecule has 1 aliphatic rings. The highest BCUT2D eigenvalue weighted by atomic mass is 16.1. The van der Waals surface area contributed by atoms with Crippen LogP contribution in [0.4, 0.5) is 0 Å². The smallest absolute Gasteiger partial charge is 0.248 e. The molecule has 1 unspecified atom stereocenters. The Kier molecular flexibility index (Phi) is 2.08. The van der Waals surface area contributed by atoms with Crippen molar-refractivity contribution in [2.75, 3.05) is 0 Å². The Morgan fingerprint density at radius 1 is 1.47 bits per heavy atom. The Morgan fingerprint density at radius 2 is 2.13 bits per heavy atom. The Morgan fingerprint density at radius 3 is 2.73 bits per heavy atom. The molecule has 80 valence electrons. The molecule has 4 N–H and O–H groups in total. The molecule has 1 atom stereocenters. The first-order valence-corrected chi connectivity index (χ1v) is 5.10. The zero-order chi connectivity index (χ0) is 11.2. The first-order valence-electron chi connectivity index (χ1n) is 5.10. The van der Waals surface area contributed by atoms with E-state index in [2.05, 4.69) is 13.8 Å². The zero-order valence-corrected chi connectivity index (χ0v) is 9.08. The van der Waals surface area contributed by atoms with E-state index in [1.807, 2.05) is 12.1 Å². The number of amides is 1. The van der Waals surface area contributed by atoms with E-state index in [4.69, 9.17) is 11.5 Å². The third-order valence-electron chi connectivity index (χ3n) is 3.25. The summed E-state index contributed by atoms with van der Waals surface area (Å²) in [4.78, 5) is 11.1. The molecule has 15 heavy (non-hydrogen) atoms. The molecular weight excluding hydrogens is 188 g/mol. The van der Waals surface area contributed by atoms with E-state index in [0.717, 1.165) is 12.0 Å². The van der Waals surface area contributed by atoms with Gasteiger partial charge < -0.3 is 11.5 Å². The van der Waals surface area contributed by atoms with Crippen LogP contribution < -0.4 is 11.5 Å². The highest BCUT2D eigenvalue weighted by Gasteiger charge is 2.36.